The van der Waals surface area contributed by atoms with Gasteiger partial charge in [-0.15, -0.1) is 24.8 Å². The first-order valence-electron chi connectivity index (χ1n) is 4.37. The SMILES string of the molecule is CN=C(N)C(C)N=NC(C)C(N)=NC.Cl.Cl. The number of nitrogens with zero attached hydrogens (tertiary/aromatic N) is 4. The Morgan fingerprint density at radius 3 is 1.25 bits per heavy atom. The maximum absolute atomic E-state index is 5.55. The molecule has 0 aliphatic heterocycles. The summed E-state index contributed by atoms with van der Waals surface area (Å²) in [6, 6.07) is -0.431. The lowest BCUT2D eigenvalue weighted by atomic mass is 10.3. The van der Waals surface area contributed by atoms with Crippen LogP contribution in [0.1, 0.15) is 13.8 Å². The summed E-state index contributed by atoms with van der Waals surface area (Å²) >= 11 is 0. The van der Waals surface area contributed by atoms with Crippen LogP contribution < -0.4 is 11.5 Å². The van der Waals surface area contributed by atoms with Crippen LogP contribution in [0.15, 0.2) is 20.2 Å². The van der Waals surface area contributed by atoms with Crippen LogP contribution in [0.2, 0.25) is 0 Å². The van der Waals surface area contributed by atoms with Gasteiger partial charge in [-0.2, -0.15) is 10.2 Å². The summed E-state index contributed by atoms with van der Waals surface area (Å²) in [5, 5.41) is 7.94. The van der Waals surface area contributed by atoms with Gasteiger partial charge in [0.25, 0.3) is 0 Å². The molecular weight excluding hydrogens is 251 g/mol. The van der Waals surface area contributed by atoms with E-state index < -0.39 is 0 Å². The van der Waals surface area contributed by atoms with Crippen molar-refractivity contribution in [1.29, 1.82) is 0 Å². The summed E-state index contributed by atoms with van der Waals surface area (Å²) < 4.78 is 0. The van der Waals surface area contributed by atoms with Crippen LogP contribution in [0.4, 0.5) is 0 Å². The lowest BCUT2D eigenvalue weighted by Gasteiger charge is -2.06. The third-order valence-corrected chi connectivity index (χ3v) is 1.79. The van der Waals surface area contributed by atoms with E-state index in [1.54, 1.807) is 14.1 Å². The van der Waals surface area contributed by atoms with E-state index in [9.17, 15) is 0 Å². The fraction of sp³-hybridized carbons (Fsp3) is 0.750. The fourth-order valence-electron chi connectivity index (χ4n) is 0.692. The maximum Gasteiger partial charge on any atom is 0.125 e. The van der Waals surface area contributed by atoms with Gasteiger partial charge >= 0.3 is 0 Å². The molecule has 0 aliphatic rings. The number of amidine groups is 2. The molecule has 0 aromatic heterocycles. The van der Waals surface area contributed by atoms with E-state index in [0.29, 0.717) is 11.7 Å². The number of halogens is 2. The van der Waals surface area contributed by atoms with Crippen LogP contribution in [-0.4, -0.2) is 37.9 Å². The fourth-order valence-corrected chi connectivity index (χ4v) is 0.692. The average Bonchev–Trinajstić information content (AvgIpc) is 2.22. The minimum Gasteiger partial charge on any atom is -0.386 e. The molecule has 0 radical (unpaired) electrons. The molecule has 16 heavy (non-hydrogen) atoms. The number of aliphatic imine (C=N–C) groups is 2. The summed E-state index contributed by atoms with van der Waals surface area (Å²) in [6.07, 6.45) is 0. The molecule has 0 spiro atoms. The average molecular weight is 271 g/mol. The molecule has 4 N–H and O–H groups in total. The zero-order valence-electron chi connectivity index (χ0n) is 9.91. The van der Waals surface area contributed by atoms with Crippen LogP contribution >= 0.6 is 24.8 Å². The van der Waals surface area contributed by atoms with E-state index in [-0.39, 0.29) is 36.9 Å². The van der Waals surface area contributed by atoms with Gasteiger partial charge in [-0.05, 0) is 13.8 Å². The Kier molecular flexibility index (Phi) is 13.6. The first-order chi connectivity index (χ1) is 6.52. The number of hydrogen-bond acceptors (Lipinski definition) is 4. The number of nitrogens with two attached hydrogens (primary N) is 2. The lowest BCUT2D eigenvalue weighted by Crippen LogP contribution is -2.27. The highest BCUT2D eigenvalue weighted by atomic mass is 35.5. The van der Waals surface area contributed by atoms with Crippen LogP contribution in [0.3, 0.4) is 0 Å². The third kappa shape index (κ3) is 7.42. The number of azo groups is 1. The van der Waals surface area contributed by atoms with Crippen molar-refractivity contribution in [3.05, 3.63) is 0 Å². The Hall–Kier alpha value is -0.880. The first-order valence-corrected chi connectivity index (χ1v) is 4.37. The highest BCUT2D eigenvalue weighted by Gasteiger charge is 2.06. The molecule has 0 aromatic rings. The zero-order chi connectivity index (χ0) is 11.1. The summed E-state index contributed by atoms with van der Waals surface area (Å²) in [6.45, 7) is 3.63. The van der Waals surface area contributed by atoms with Crippen molar-refractivity contribution in [1.82, 2.24) is 0 Å². The molecule has 0 saturated heterocycles. The molecule has 8 heteroatoms. The quantitative estimate of drug-likeness (QED) is 0.453. The van der Waals surface area contributed by atoms with Gasteiger partial charge in [-0.25, -0.2) is 0 Å². The minimum absolute atomic E-state index is 0. The van der Waals surface area contributed by atoms with Gasteiger partial charge in [0.2, 0.25) is 0 Å². The monoisotopic (exact) mass is 270 g/mol. The Labute approximate surface area is 109 Å². The molecule has 0 saturated carbocycles. The Morgan fingerprint density at radius 1 is 0.812 bits per heavy atom. The third-order valence-electron chi connectivity index (χ3n) is 1.79. The summed E-state index contributed by atoms with van der Waals surface area (Å²) in [5.41, 5.74) is 11.1. The second-order valence-corrected chi connectivity index (χ2v) is 2.88. The Morgan fingerprint density at radius 2 is 1.06 bits per heavy atom. The van der Waals surface area contributed by atoms with E-state index in [4.69, 9.17) is 11.5 Å². The molecule has 0 aromatic carbocycles. The van der Waals surface area contributed by atoms with E-state index in [2.05, 4.69) is 20.2 Å². The topological polar surface area (TPSA) is 101 Å². The molecule has 0 amide bonds. The number of rotatable bonds is 4. The molecule has 0 heterocycles. The van der Waals surface area contributed by atoms with Crippen LogP contribution in [-0.2, 0) is 0 Å². The van der Waals surface area contributed by atoms with Crippen molar-refractivity contribution in [2.45, 2.75) is 25.9 Å². The molecule has 0 bridgehead atoms. The summed E-state index contributed by atoms with van der Waals surface area (Å²) in [5.74, 6) is 0.904. The van der Waals surface area contributed by atoms with Crippen LogP contribution in [0, 0.1) is 0 Å². The largest absolute Gasteiger partial charge is 0.386 e. The molecule has 2 atom stereocenters. The van der Waals surface area contributed by atoms with E-state index >= 15 is 0 Å². The van der Waals surface area contributed by atoms with Gasteiger partial charge in [0, 0.05) is 14.1 Å². The molecule has 96 valence electrons. The molecule has 6 nitrogen and oxygen atoms in total. The van der Waals surface area contributed by atoms with Gasteiger partial charge in [0.15, 0.2) is 0 Å². The van der Waals surface area contributed by atoms with E-state index in [1.165, 1.54) is 0 Å². The Bertz CT molecular complexity index is 237. The summed E-state index contributed by atoms with van der Waals surface area (Å²) in [4.78, 5) is 7.62. The van der Waals surface area contributed by atoms with Crippen molar-refractivity contribution < 1.29 is 0 Å². The van der Waals surface area contributed by atoms with Gasteiger partial charge in [-0.3, -0.25) is 9.98 Å². The highest BCUT2D eigenvalue weighted by molar-refractivity contribution is 5.86. The van der Waals surface area contributed by atoms with Crippen molar-refractivity contribution in [3.8, 4) is 0 Å². The van der Waals surface area contributed by atoms with Crippen molar-refractivity contribution in [2.24, 2.45) is 31.7 Å². The summed E-state index contributed by atoms with van der Waals surface area (Å²) in [7, 11) is 3.24. The van der Waals surface area contributed by atoms with Crippen molar-refractivity contribution in [2.75, 3.05) is 14.1 Å². The van der Waals surface area contributed by atoms with Gasteiger partial charge < -0.3 is 11.5 Å². The number of hydrogen-bond donors (Lipinski definition) is 2. The van der Waals surface area contributed by atoms with E-state index in [0.717, 1.165) is 0 Å². The van der Waals surface area contributed by atoms with E-state index in [1.807, 2.05) is 13.8 Å². The van der Waals surface area contributed by atoms with Crippen LogP contribution in [0.5, 0.6) is 0 Å². The zero-order valence-corrected chi connectivity index (χ0v) is 11.5. The standard InChI is InChI=1S/C8H18N6.2ClH/c1-5(7(9)11-3)13-14-6(2)8(10)12-4;;/h5-6H,1-4H3,(H2,9,11)(H2,10,12);2*1H. The predicted molar refractivity (Wildman–Crippen MR) is 73.4 cm³/mol. The maximum atomic E-state index is 5.55. The van der Waals surface area contributed by atoms with Crippen LogP contribution in [0.25, 0.3) is 0 Å². The second kappa shape index (κ2) is 10.6. The smallest absolute Gasteiger partial charge is 0.125 e. The van der Waals surface area contributed by atoms with Crippen molar-refractivity contribution >= 4 is 36.5 Å². The molecule has 0 fully saturated rings. The lowest BCUT2D eigenvalue weighted by molar-refractivity contribution is 0.776. The van der Waals surface area contributed by atoms with Gasteiger partial charge in [0.1, 0.15) is 23.8 Å². The normalized spacial score (nSPS) is 16.2. The highest BCUT2D eigenvalue weighted by Crippen LogP contribution is 1.96. The van der Waals surface area contributed by atoms with Crippen molar-refractivity contribution in [3.63, 3.8) is 0 Å². The Balaban J connectivity index is -0.000000845. The molecule has 2 unspecified atom stereocenters. The molecule has 0 aliphatic carbocycles. The molecular formula is C8H20Cl2N6. The predicted octanol–water partition coefficient (Wildman–Crippen LogP) is 1.03. The molecule has 0 rings (SSSR count). The van der Waals surface area contributed by atoms with Gasteiger partial charge in [-0.1, -0.05) is 0 Å². The minimum atomic E-state index is -0.216. The first kappa shape index (κ1) is 20.5. The second-order valence-electron chi connectivity index (χ2n) is 2.88. The van der Waals surface area contributed by atoms with Gasteiger partial charge in [0.05, 0.1) is 0 Å².